The van der Waals surface area contributed by atoms with Gasteiger partial charge in [0, 0.05) is 48.2 Å². The highest BCUT2D eigenvalue weighted by atomic mass is 127. The highest BCUT2D eigenvalue weighted by molar-refractivity contribution is 14.0. The number of rotatable bonds is 7. The topological polar surface area (TPSA) is 67.1 Å². The van der Waals surface area contributed by atoms with E-state index in [2.05, 4.69) is 32.6 Å². The van der Waals surface area contributed by atoms with Crippen molar-refractivity contribution >= 4 is 41.5 Å². The van der Waals surface area contributed by atoms with Crippen molar-refractivity contribution in [1.29, 1.82) is 0 Å². The highest BCUT2D eigenvalue weighted by Crippen LogP contribution is 2.13. The maximum absolute atomic E-state index is 5.93. The molecule has 0 unspecified atom stereocenters. The molecule has 2 heterocycles. The molecule has 0 radical (unpaired) electrons. The Morgan fingerprint density at radius 2 is 1.96 bits per heavy atom. The standard InChI is InChI=1S/C20H23ClN6.HI/c1-2-22-20(24-12-10-18-5-3-4-11-23-18)25-13-16-14-26-27(15-16)19-8-6-17(21)7-9-19;/h3-9,11,14-15H,2,10,12-13H2,1H3,(H2,22,24,25);1H. The van der Waals surface area contributed by atoms with Gasteiger partial charge in [-0.15, -0.1) is 24.0 Å². The van der Waals surface area contributed by atoms with Gasteiger partial charge in [0.05, 0.1) is 18.4 Å². The van der Waals surface area contributed by atoms with E-state index in [0.717, 1.165) is 42.4 Å². The number of nitrogens with zero attached hydrogens (tertiary/aromatic N) is 4. The number of hydrogen-bond donors (Lipinski definition) is 2. The van der Waals surface area contributed by atoms with Crippen LogP contribution in [0.5, 0.6) is 0 Å². The van der Waals surface area contributed by atoms with Crippen molar-refractivity contribution in [1.82, 2.24) is 25.4 Å². The average molecular weight is 511 g/mol. The SMILES string of the molecule is CCNC(=NCc1cnn(-c2ccc(Cl)cc2)c1)NCCc1ccccn1.I. The molecule has 6 nitrogen and oxygen atoms in total. The van der Waals surface area contributed by atoms with Crippen molar-refractivity contribution < 1.29 is 0 Å². The van der Waals surface area contributed by atoms with Gasteiger partial charge in [-0.25, -0.2) is 9.67 Å². The van der Waals surface area contributed by atoms with E-state index in [-0.39, 0.29) is 24.0 Å². The van der Waals surface area contributed by atoms with Gasteiger partial charge in [0.1, 0.15) is 0 Å². The maximum Gasteiger partial charge on any atom is 0.191 e. The molecule has 0 fully saturated rings. The number of pyridine rings is 1. The Kier molecular flexibility index (Phi) is 9.22. The lowest BCUT2D eigenvalue weighted by Gasteiger charge is -2.10. The molecule has 148 valence electrons. The van der Waals surface area contributed by atoms with Gasteiger partial charge in [-0.1, -0.05) is 17.7 Å². The number of halogens is 2. The number of aromatic nitrogens is 3. The Bertz CT molecular complexity index is 864. The van der Waals surface area contributed by atoms with Crippen molar-refractivity contribution in [2.24, 2.45) is 4.99 Å². The Morgan fingerprint density at radius 1 is 1.14 bits per heavy atom. The number of aliphatic imine (C=N–C) groups is 1. The van der Waals surface area contributed by atoms with Crippen molar-refractivity contribution in [3.8, 4) is 5.69 Å². The molecule has 2 aromatic heterocycles. The van der Waals surface area contributed by atoms with Crippen LogP contribution in [0.4, 0.5) is 0 Å². The first-order valence-electron chi connectivity index (χ1n) is 8.96. The summed E-state index contributed by atoms with van der Waals surface area (Å²) in [5.41, 5.74) is 3.06. The third kappa shape index (κ3) is 6.79. The molecule has 8 heteroatoms. The van der Waals surface area contributed by atoms with Gasteiger partial charge in [0.25, 0.3) is 0 Å². The van der Waals surface area contributed by atoms with Crippen LogP contribution in [0.3, 0.4) is 0 Å². The van der Waals surface area contributed by atoms with Gasteiger partial charge >= 0.3 is 0 Å². The monoisotopic (exact) mass is 510 g/mol. The van der Waals surface area contributed by atoms with Gasteiger partial charge < -0.3 is 10.6 Å². The van der Waals surface area contributed by atoms with Crippen LogP contribution in [0.1, 0.15) is 18.2 Å². The van der Waals surface area contributed by atoms with Gasteiger partial charge in [-0.2, -0.15) is 5.10 Å². The van der Waals surface area contributed by atoms with E-state index in [9.17, 15) is 0 Å². The molecule has 0 aliphatic carbocycles. The second kappa shape index (κ2) is 11.7. The molecule has 0 amide bonds. The van der Waals surface area contributed by atoms with Gasteiger partial charge in [0.15, 0.2) is 5.96 Å². The quantitative estimate of drug-likeness (QED) is 0.288. The van der Waals surface area contributed by atoms with E-state index in [1.807, 2.05) is 65.7 Å². The number of nitrogens with one attached hydrogen (secondary N) is 2. The first kappa shape index (κ1) is 22.2. The number of benzene rings is 1. The molecule has 3 aromatic rings. The third-order valence-electron chi connectivity index (χ3n) is 3.89. The lowest BCUT2D eigenvalue weighted by molar-refractivity contribution is 0.788. The normalized spacial score (nSPS) is 11.0. The molecule has 1 aromatic carbocycles. The Hall–Kier alpha value is -2.13. The van der Waals surface area contributed by atoms with Crippen LogP contribution in [-0.4, -0.2) is 33.8 Å². The summed E-state index contributed by atoms with van der Waals surface area (Å²) in [6.45, 7) is 4.17. The predicted molar refractivity (Wildman–Crippen MR) is 125 cm³/mol. The Labute approximate surface area is 187 Å². The molecule has 0 atom stereocenters. The summed E-state index contributed by atoms with van der Waals surface area (Å²) in [5, 5.41) is 11.7. The smallest absolute Gasteiger partial charge is 0.191 e. The van der Waals surface area contributed by atoms with E-state index < -0.39 is 0 Å². The first-order chi connectivity index (χ1) is 13.2. The van der Waals surface area contributed by atoms with Crippen molar-refractivity contribution in [2.45, 2.75) is 19.9 Å². The number of guanidine groups is 1. The van der Waals surface area contributed by atoms with E-state index in [4.69, 9.17) is 11.6 Å². The van der Waals surface area contributed by atoms with Crippen molar-refractivity contribution in [3.63, 3.8) is 0 Å². The summed E-state index contributed by atoms with van der Waals surface area (Å²) >= 11 is 5.93. The molecule has 3 rings (SSSR count). The van der Waals surface area contributed by atoms with Crippen LogP contribution >= 0.6 is 35.6 Å². The van der Waals surface area contributed by atoms with Crippen LogP contribution in [0.25, 0.3) is 5.69 Å². The van der Waals surface area contributed by atoms with E-state index >= 15 is 0 Å². The van der Waals surface area contributed by atoms with E-state index in [1.165, 1.54) is 0 Å². The summed E-state index contributed by atoms with van der Waals surface area (Å²) in [5.74, 6) is 0.785. The summed E-state index contributed by atoms with van der Waals surface area (Å²) < 4.78 is 1.82. The largest absolute Gasteiger partial charge is 0.357 e. The first-order valence-corrected chi connectivity index (χ1v) is 9.34. The summed E-state index contributed by atoms with van der Waals surface area (Å²) in [7, 11) is 0. The average Bonchev–Trinajstić information content (AvgIpc) is 3.16. The zero-order valence-corrected chi connectivity index (χ0v) is 18.8. The fourth-order valence-corrected chi connectivity index (χ4v) is 2.67. The minimum absolute atomic E-state index is 0. The molecule has 28 heavy (non-hydrogen) atoms. The molecular formula is C20H24ClIN6. The second-order valence-electron chi connectivity index (χ2n) is 5.96. The van der Waals surface area contributed by atoms with Gasteiger partial charge in [-0.3, -0.25) is 4.98 Å². The molecule has 0 aliphatic heterocycles. The maximum atomic E-state index is 5.93. The Balaban J connectivity index is 0.00000280. The summed E-state index contributed by atoms with van der Waals surface area (Å²) in [6, 6.07) is 13.5. The van der Waals surface area contributed by atoms with E-state index in [0.29, 0.717) is 11.6 Å². The molecule has 0 bridgehead atoms. The second-order valence-corrected chi connectivity index (χ2v) is 6.40. The van der Waals surface area contributed by atoms with Crippen LogP contribution in [0, 0.1) is 0 Å². The molecule has 0 saturated carbocycles. The Morgan fingerprint density at radius 3 is 2.68 bits per heavy atom. The molecule has 2 N–H and O–H groups in total. The molecule has 0 saturated heterocycles. The number of hydrogen-bond acceptors (Lipinski definition) is 3. The molecule has 0 aliphatic rings. The van der Waals surface area contributed by atoms with Crippen LogP contribution in [-0.2, 0) is 13.0 Å². The summed E-state index contributed by atoms with van der Waals surface area (Å²) in [6.07, 6.45) is 6.46. The lowest BCUT2D eigenvalue weighted by atomic mass is 10.3. The minimum atomic E-state index is 0. The van der Waals surface area contributed by atoms with Crippen molar-refractivity contribution in [2.75, 3.05) is 13.1 Å². The third-order valence-corrected chi connectivity index (χ3v) is 4.14. The predicted octanol–water partition coefficient (Wildman–Crippen LogP) is 3.84. The minimum Gasteiger partial charge on any atom is -0.357 e. The van der Waals surface area contributed by atoms with Crippen LogP contribution < -0.4 is 10.6 Å². The fourth-order valence-electron chi connectivity index (χ4n) is 2.54. The zero-order chi connectivity index (χ0) is 18.9. The zero-order valence-electron chi connectivity index (χ0n) is 15.7. The fraction of sp³-hybridized carbons (Fsp3) is 0.250. The van der Waals surface area contributed by atoms with E-state index in [1.54, 1.807) is 0 Å². The van der Waals surface area contributed by atoms with Crippen molar-refractivity contribution in [3.05, 3.63) is 77.3 Å². The lowest BCUT2D eigenvalue weighted by Crippen LogP contribution is -2.38. The van der Waals surface area contributed by atoms with Crippen LogP contribution in [0.2, 0.25) is 5.02 Å². The summed E-state index contributed by atoms with van der Waals surface area (Å²) in [4.78, 5) is 8.97. The van der Waals surface area contributed by atoms with Gasteiger partial charge in [0.2, 0.25) is 0 Å². The van der Waals surface area contributed by atoms with Gasteiger partial charge in [-0.05, 0) is 43.3 Å². The molecule has 0 spiro atoms. The highest BCUT2D eigenvalue weighted by Gasteiger charge is 2.03. The van der Waals surface area contributed by atoms with Crippen LogP contribution in [0.15, 0.2) is 66.0 Å². The molecular weight excluding hydrogens is 487 g/mol.